The van der Waals surface area contributed by atoms with Gasteiger partial charge >= 0.3 is 5.97 Å². The summed E-state index contributed by atoms with van der Waals surface area (Å²) in [5.74, 6) is -1.23. The zero-order chi connectivity index (χ0) is 15.0. The number of piperidine rings is 1. The molecule has 7 nitrogen and oxygen atoms in total. The normalized spacial score (nSPS) is 32.4. The third-order valence-electron chi connectivity index (χ3n) is 5.05. The molecule has 0 aromatic heterocycles. The highest BCUT2D eigenvalue weighted by Crippen LogP contribution is 2.29. The smallest absolute Gasteiger partial charge is 0.306 e. The number of carboxylic acid groups (broad SMARTS) is 1. The largest absolute Gasteiger partial charge is 0.481 e. The summed E-state index contributed by atoms with van der Waals surface area (Å²) in [7, 11) is -3.49. The second-order valence-corrected chi connectivity index (χ2v) is 7.98. The van der Waals surface area contributed by atoms with Crippen molar-refractivity contribution in [2.45, 2.75) is 44.2 Å². The van der Waals surface area contributed by atoms with Crippen LogP contribution in [0.2, 0.25) is 0 Å². The second kappa shape index (κ2) is 5.83. The van der Waals surface area contributed by atoms with Gasteiger partial charge in [0.15, 0.2) is 0 Å². The van der Waals surface area contributed by atoms with E-state index in [2.05, 4.69) is 9.62 Å². The molecular formula is C13H23N3O4S. The highest BCUT2D eigenvalue weighted by atomic mass is 32.2. The Morgan fingerprint density at radius 2 is 1.76 bits per heavy atom. The number of carboxylic acids is 1. The van der Waals surface area contributed by atoms with Crippen molar-refractivity contribution in [3.05, 3.63) is 0 Å². The third kappa shape index (κ3) is 3.08. The van der Waals surface area contributed by atoms with E-state index in [0.717, 1.165) is 32.4 Å². The van der Waals surface area contributed by atoms with E-state index >= 15 is 0 Å². The number of carbonyl (C=O) groups is 1. The molecule has 2 unspecified atom stereocenters. The van der Waals surface area contributed by atoms with Crippen molar-refractivity contribution in [2.24, 2.45) is 5.92 Å². The Labute approximate surface area is 125 Å². The fourth-order valence-corrected chi connectivity index (χ4v) is 5.33. The quantitative estimate of drug-likeness (QED) is 0.753. The van der Waals surface area contributed by atoms with Gasteiger partial charge in [-0.1, -0.05) is 0 Å². The lowest BCUT2D eigenvalue weighted by Crippen LogP contribution is -2.51. The Hall–Kier alpha value is -0.700. The van der Waals surface area contributed by atoms with Crippen molar-refractivity contribution in [3.63, 3.8) is 0 Å². The van der Waals surface area contributed by atoms with Crippen LogP contribution in [0.15, 0.2) is 0 Å². The average Bonchev–Trinajstić information content (AvgIpc) is 3.04. The summed E-state index contributed by atoms with van der Waals surface area (Å²) in [6, 6.07) is 0.353. The molecule has 0 bridgehead atoms. The first-order valence-corrected chi connectivity index (χ1v) is 9.15. The van der Waals surface area contributed by atoms with Crippen LogP contribution in [-0.4, -0.2) is 67.0 Å². The van der Waals surface area contributed by atoms with Crippen LogP contribution in [-0.2, 0) is 15.0 Å². The predicted molar refractivity (Wildman–Crippen MR) is 77.0 cm³/mol. The number of aliphatic carboxylic acids is 1. The summed E-state index contributed by atoms with van der Waals surface area (Å²) >= 11 is 0. The zero-order valence-corrected chi connectivity index (χ0v) is 12.9. The van der Waals surface area contributed by atoms with Gasteiger partial charge in [-0.25, -0.2) is 0 Å². The number of nitrogens with one attached hydrogen (secondary N) is 1. The molecule has 8 heteroatoms. The molecule has 3 saturated heterocycles. The summed E-state index contributed by atoms with van der Waals surface area (Å²) in [6.07, 6.45) is 3.88. The molecule has 0 saturated carbocycles. The molecule has 0 amide bonds. The minimum absolute atomic E-state index is 0.00898. The maximum absolute atomic E-state index is 12.5. The molecule has 3 aliphatic rings. The molecule has 3 fully saturated rings. The van der Waals surface area contributed by atoms with Gasteiger partial charge in [0, 0.05) is 31.7 Å². The number of hydrogen-bond acceptors (Lipinski definition) is 4. The minimum atomic E-state index is -3.49. The fourth-order valence-electron chi connectivity index (χ4n) is 3.83. The Morgan fingerprint density at radius 1 is 1.05 bits per heavy atom. The van der Waals surface area contributed by atoms with Crippen molar-refractivity contribution < 1.29 is 18.3 Å². The summed E-state index contributed by atoms with van der Waals surface area (Å²) in [4.78, 5) is 13.3. The first-order valence-electron chi connectivity index (χ1n) is 7.71. The van der Waals surface area contributed by atoms with Crippen molar-refractivity contribution >= 4 is 16.2 Å². The minimum Gasteiger partial charge on any atom is -0.481 e. The summed E-state index contributed by atoms with van der Waals surface area (Å²) in [6.45, 7) is 2.65. The predicted octanol–water partition coefficient (Wildman–Crippen LogP) is -0.146. The van der Waals surface area contributed by atoms with Crippen LogP contribution < -0.4 is 4.72 Å². The van der Waals surface area contributed by atoms with E-state index in [4.69, 9.17) is 5.11 Å². The van der Waals surface area contributed by atoms with Crippen LogP contribution in [0.25, 0.3) is 0 Å². The van der Waals surface area contributed by atoms with Crippen molar-refractivity contribution in [1.29, 1.82) is 0 Å². The maximum atomic E-state index is 12.5. The Kier molecular flexibility index (Phi) is 4.22. The lowest BCUT2D eigenvalue weighted by molar-refractivity contribution is -0.142. The summed E-state index contributed by atoms with van der Waals surface area (Å²) in [5.41, 5.74) is 0. The van der Waals surface area contributed by atoms with Gasteiger partial charge in [-0.15, -0.1) is 0 Å². The SMILES string of the molecule is O=C(O)C1CCN(S(=O)(=O)NC2CCN3CCCC23)CC1. The zero-order valence-electron chi connectivity index (χ0n) is 12.1. The lowest BCUT2D eigenvalue weighted by atomic mass is 9.99. The molecule has 2 N–H and O–H groups in total. The molecule has 0 aliphatic carbocycles. The molecule has 3 heterocycles. The third-order valence-corrected chi connectivity index (χ3v) is 6.69. The van der Waals surface area contributed by atoms with E-state index in [1.165, 1.54) is 4.31 Å². The van der Waals surface area contributed by atoms with Crippen molar-refractivity contribution in [3.8, 4) is 0 Å². The van der Waals surface area contributed by atoms with E-state index in [0.29, 0.717) is 32.0 Å². The number of rotatable bonds is 4. The standard InChI is InChI=1S/C13H23N3O4S/c17-13(18)10-3-8-16(9-4-10)21(19,20)14-11-5-7-15-6-1-2-12(11)15/h10-12,14H,1-9H2,(H,17,18). The molecule has 0 aromatic rings. The summed E-state index contributed by atoms with van der Waals surface area (Å²) in [5, 5.41) is 8.97. The van der Waals surface area contributed by atoms with Gasteiger partial charge in [0.2, 0.25) is 0 Å². The number of hydrogen-bond donors (Lipinski definition) is 2. The second-order valence-electron chi connectivity index (χ2n) is 6.28. The van der Waals surface area contributed by atoms with Crippen LogP contribution in [0.1, 0.15) is 32.1 Å². The topological polar surface area (TPSA) is 90.0 Å². The molecule has 0 spiro atoms. The Bertz CT molecular complexity index is 502. The molecule has 2 atom stereocenters. The first kappa shape index (κ1) is 15.2. The molecule has 3 rings (SSSR count). The van der Waals surface area contributed by atoms with Gasteiger partial charge in [0.25, 0.3) is 10.2 Å². The average molecular weight is 317 g/mol. The van der Waals surface area contributed by atoms with Gasteiger partial charge < -0.3 is 5.11 Å². The molecule has 120 valence electrons. The van der Waals surface area contributed by atoms with Crippen LogP contribution >= 0.6 is 0 Å². The highest BCUT2D eigenvalue weighted by molar-refractivity contribution is 7.87. The summed E-state index contributed by atoms with van der Waals surface area (Å²) < 4.78 is 29.2. The first-order chi connectivity index (χ1) is 9.97. The van der Waals surface area contributed by atoms with Crippen LogP contribution in [0.3, 0.4) is 0 Å². The number of fused-ring (bicyclic) bond motifs is 1. The molecule has 0 aromatic carbocycles. The fraction of sp³-hybridized carbons (Fsp3) is 0.923. The van der Waals surface area contributed by atoms with Crippen molar-refractivity contribution in [1.82, 2.24) is 13.9 Å². The van der Waals surface area contributed by atoms with Gasteiger partial charge in [-0.3, -0.25) is 9.69 Å². The molecule has 21 heavy (non-hydrogen) atoms. The molecule has 0 radical (unpaired) electrons. The lowest BCUT2D eigenvalue weighted by Gasteiger charge is -2.31. The molecular weight excluding hydrogens is 294 g/mol. The van der Waals surface area contributed by atoms with E-state index < -0.39 is 22.1 Å². The van der Waals surface area contributed by atoms with Gasteiger partial charge in [0.1, 0.15) is 0 Å². The highest BCUT2D eigenvalue weighted by Gasteiger charge is 2.40. The van der Waals surface area contributed by atoms with Crippen LogP contribution in [0.5, 0.6) is 0 Å². The monoisotopic (exact) mass is 317 g/mol. The Balaban J connectivity index is 1.59. The van der Waals surface area contributed by atoms with Gasteiger partial charge in [0.05, 0.1) is 5.92 Å². The van der Waals surface area contributed by atoms with Gasteiger partial charge in [-0.2, -0.15) is 17.4 Å². The van der Waals surface area contributed by atoms with E-state index in [9.17, 15) is 13.2 Å². The maximum Gasteiger partial charge on any atom is 0.306 e. The van der Waals surface area contributed by atoms with Gasteiger partial charge in [-0.05, 0) is 38.6 Å². The molecule has 3 aliphatic heterocycles. The van der Waals surface area contributed by atoms with Crippen molar-refractivity contribution in [2.75, 3.05) is 26.2 Å². The number of nitrogens with zero attached hydrogens (tertiary/aromatic N) is 2. The van der Waals surface area contributed by atoms with E-state index in [-0.39, 0.29) is 6.04 Å². The van der Waals surface area contributed by atoms with Crippen LogP contribution in [0, 0.1) is 5.92 Å². The van der Waals surface area contributed by atoms with Crippen LogP contribution in [0.4, 0.5) is 0 Å². The van der Waals surface area contributed by atoms with E-state index in [1.54, 1.807) is 0 Å². The van der Waals surface area contributed by atoms with E-state index in [1.807, 2.05) is 0 Å². The Morgan fingerprint density at radius 3 is 2.43 bits per heavy atom.